The van der Waals surface area contributed by atoms with E-state index < -0.39 is 23.5 Å². The van der Waals surface area contributed by atoms with E-state index in [0.717, 1.165) is 0 Å². The maximum Gasteiger partial charge on any atom is 0.349 e. The van der Waals surface area contributed by atoms with Gasteiger partial charge < -0.3 is 14.5 Å². The lowest BCUT2D eigenvalue weighted by Gasteiger charge is -2.19. The normalized spacial score (nSPS) is 11.8. The molecule has 0 bridgehead atoms. The summed E-state index contributed by atoms with van der Waals surface area (Å²) in [5.41, 5.74) is -0.166. The smallest absolute Gasteiger partial charge is 0.349 e. The van der Waals surface area contributed by atoms with Crippen molar-refractivity contribution in [2.24, 2.45) is 0 Å². The number of halogens is 2. The van der Waals surface area contributed by atoms with Crippen LogP contribution >= 0.6 is 23.2 Å². The number of nitrogens with one attached hydrogen (secondary N) is 1. The van der Waals surface area contributed by atoms with Crippen molar-refractivity contribution in [3.63, 3.8) is 0 Å². The predicted molar refractivity (Wildman–Crippen MR) is 110 cm³/mol. The Kier molecular flexibility index (Phi) is 6.56. The van der Waals surface area contributed by atoms with Crippen LogP contribution in [0.3, 0.4) is 0 Å². The lowest BCUT2D eigenvalue weighted by atomic mass is 10.0. The van der Waals surface area contributed by atoms with E-state index in [2.05, 4.69) is 5.32 Å². The van der Waals surface area contributed by atoms with Gasteiger partial charge >= 0.3 is 11.6 Å². The SMILES string of the molecule is CCOC(=O)C[C@@H](NC(=O)c1cc2cc(Cl)ccc2oc1=O)c1ccccc1Cl. The lowest BCUT2D eigenvalue weighted by Crippen LogP contribution is -2.33. The Bertz CT molecular complexity index is 1130. The molecule has 0 saturated heterocycles. The first-order chi connectivity index (χ1) is 13.9. The van der Waals surface area contributed by atoms with Crippen LogP contribution in [0.15, 0.2) is 57.7 Å². The zero-order chi connectivity index (χ0) is 21.0. The van der Waals surface area contributed by atoms with Crippen LogP contribution in [-0.2, 0) is 9.53 Å². The van der Waals surface area contributed by atoms with Crippen molar-refractivity contribution in [3.8, 4) is 0 Å². The number of benzene rings is 2. The summed E-state index contributed by atoms with van der Waals surface area (Å²) in [6.45, 7) is 1.89. The third-order valence-electron chi connectivity index (χ3n) is 4.20. The van der Waals surface area contributed by atoms with Gasteiger partial charge in [-0.1, -0.05) is 41.4 Å². The zero-order valence-corrected chi connectivity index (χ0v) is 16.9. The minimum Gasteiger partial charge on any atom is -0.466 e. The first-order valence-electron chi connectivity index (χ1n) is 8.83. The molecule has 3 rings (SSSR count). The number of hydrogen-bond donors (Lipinski definition) is 1. The van der Waals surface area contributed by atoms with E-state index in [4.69, 9.17) is 32.4 Å². The molecule has 0 fully saturated rings. The molecule has 6 nitrogen and oxygen atoms in total. The molecular formula is C21H17Cl2NO5. The van der Waals surface area contributed by atoms with Gasteiger partial charge in [-0.15, -0.1) is 0 Å². The maximum absolute atomic E-state index is 12.8. The van der Waals surface area contributed by atoms with Gasteiger partial charge in [0.2, 0.25) is 0 Å². The molecule has 1 amide bonds. The Morgan fingerprint density at radius 3 is 2.62 bits per heavy atom. The quantitative estimate of drug-likeness (QED) is 0.455. The predicted octanol–water partition coefficient (Wildman–Crippen LogP) is 4.52. The molecular weight excluding hydrogens is 417 g/mol. The van der Waals surface area contributed by atoms with Gasteiger partial charge in [-0.25, -0.2) is 4.79 Å². The van der Waals surface area contributed by atoms with Crippen LogP contribution in [0.4, 0.5) is 0 Å². The second kappa shape index (κ2) is 9.11. The first kappa shape index (κ1) is 20.9. The number of rotatable bonds is 6. The van der Waals surface area contributed by atoms with Crippen molar-refractivity contribution < 1.29 is 18.7 Å². The molecule has 0 aliphatic rings. The number of carbonyl (C=O) groups is 2. The number of carbonyl (C=O) groups excluding carboxylic acids is 2. The molecule has 150 valence electrons. The lowest BCUT2D eigenvalue weighted by molar-refractivity contribution is -0.143. The standard InChI is InChI=1S/C21H17Cl2NO5/c1-2-28-19(25)11-17(14-5-3-4-6-16(14)23)24-20(26)15-10-12-9-13(22)7-8-18(12)29-21(15)27/h3-10,17H,2,11H2,1H3,(H,24,26)/t17-/m1/s1. The van der Waals surface area contributed by atoms with Gasteiger partial charge in [0.15, 0.2) is 0 Å². The molecule has 0 spiro atoms. The molecule has 2 aromatic carbocycles. The Balaban J connectivity index is 1.94. The zero-order valence-electron chi connectivity index (χ0n) is 15.4. The molecule has 1 N–H and O–H groups in total. The van der Waals surface area contributed by atoms with E-state index in [0.29, 0.717) is 26.6 Å². The summed E-state index contributed by atoms with van der Waals surface area (Å²) in [4.78, 5) is 37.1. The van der Waals surface area contributed by atoms with Crippen LogP contribution in [0.25, 0.3) is 11.0 Å². The van der Waals surface area contributed by atoms with Crippen molar-refractivity contribution in [2.45, 2.75) is 19.4 Å². The van der Waals surface area contributed by atoms with Gasteiger partial charge in [0.05, 0.1) is 19.1 Å². The maximum atomic E-state index is 12.8. The van der Waals surface area contributed by atoms with Crippen LogP contribution in [-0.4, -0.2) is 18.5 Å². The summed E-state index contributed by atoms with van der Waals surface area (Å²) < 4.78 is 10.2. The fourth-order valence-corrected chi connectivity index (χ4v) is 3.32. The second-order valence-electron chi connectivity index (χ2n) is 6.19. The molecule has 0 radical (unpaired) electrons. The summed E-state index contributed by atoms with van der Waals surface area (Å²) in [6.07, 6.45) is -0.145. The molecule has 8 heteroatoms. The van der Waals surface area contributed by atoms with E-state index in [1.807, 2.05) is 0 Å². The van der Waals surface area contributed by atoms with Gasteiger partial charge in [-0.3, -0.25) is 9.59 Å². The number of fused-ring (bicyclic) bond motifs is 1. The first-order valence-corrected chi connectivity index (χ1v) is 9.59. The van der Waals surface area contributed by atoms with Gasteiger partial charge in [-0.2, -0.15) is 0 Å². The fourth-order valence-electron chi connectivity index (χ4n) is 2.87. The second-order valence-corrected chi connectivity index (χ2v) is 7.03. The molecule has 0 aliphatic carbocycles. The molecule has 0 aliphatic heterocycles. The van der Waals surface area contributed by atoms with E-state index in [1.165, 1.54) is 6.07 Å². The Morgan fingerprint density at radius 1 is 1.14 bits per heavy atom. The monoisotopic (exact) mass is 433 g/mol. The highest BCUT2D eigenvalue weighted by molar-refractivity contribution is 6.31. The summed E-state index contributed by atoms with van der Waals surface area (Å²) in [5, 5.41) is 4.00. The van der Waals surface area contributed by atoms with E-state index >= 15 is 0 Å². The molecule has 0 saturated carbocycles. The topological polar surface area (TPSA) is 85.6 Å². The summed E-state index contributed by atoms with van der Waals surface area (Å²) >= 11 is 12.2. The van der Waals surface area contributed by atoms with Crippen molar-refractivity contribution in [3.05, 3.63) is 80.1 Å². The Labute approximate surface area is 176 Å². The van der Waals surface area contributed by atoms with Crippen LogP contribution in [0.1, 0.15) is 35.3 Å². The van der Waals surface area contributed by atoms with Gasteiger partial charge in [0.25, 0.3) is 5.91 Å². The largest absolute Gasteiger partial charge is 0.466 e. The fraction of sp³-hybridized carbons (Fsp3) is 0.190. The van der Waals surface area contributed by atoms with Crippen molar-refractivity contribution in [1.29, 1.82) is 0 Å². The molecule has 29 heavy (non-hydrogen) atoms. The highest BCUT2D eigenvalue weighted by Gasteiger charge is 2.24. The van der Waals surface area contributed by atoms with E-state index in [-0.39, 0.29) is 18.6 Å². The van der Waals surface area contributed by atoms with Crippen molar-refractivity contribution in [1.82, 2.24) is 5.32 Å². The molecule has 1 aromatic heterocycles. The minimum absolute atomic E-state index is 0.145. The highest BCUT2D eigenvalue weighted by Crippen LogP contribution is 2.26. The third-order valence-corrected chi connectivity index (χ3v) is 4.78. The van der Waals surface area contributed by atoms with Gasteiger partial charge in [-0.05, 0) is 42.8 Å². The molecule has 1 heterocycles. The molecule has 3 aromatic rings. The summed E-state index contributed by atoms with van der Waals surface area (Å²) in [6, 6.07) is 12.1. The average molecular weight is 434 g/mol. The van der Waals surface area contributed by atoms with Crippen LogP contribution < -0.4 is 10.9 Å². The molecule has 0 unspecified atom stereocenters. The van der Waals surface area contributed by atoms with E-state index in [1.54, 1.807) is 49.4 Å². The summed E-state index contributed by atoms with van der Waals surface area (Å²) in [7, 11) is 0. The molecule has 1 atom stereocenters. The van der Waals surface area contributed by atoms with Crippen molar-refractivity contribution >= 4 is 46.0 Å². The van der Waals surface area contributed by atoms with Crippen LogP contribution in [0.5, 0.6) is 0 Å². The Hall–Kier alpha value is -2.83. The Morgan fingerprint density at radius 2 is 1.90 bits per heavy atom. The number of ether oxygens (including phenoxy) is 1. The number of hydrogen-bond acceptors (Lipinski definition) is 5. The minimum atomic E-state index is -0.800. The van der Waals surface area contributed by atoms with E-state index in [9.17, 15) is 14.4 Å². The number of amides is 1. The van der Waals surface area contributed by atoms with Gasteiger partial charge in [0.1, 0.15) is 11.1 Å². The summed E-state index contributed by atoms with van der Waals surface area (Å²) in [5.74, 6) is -1.20. The van der Waals surface area contributed by atoms with Crippen molar-refractivity contribution in [2.75, 3.05) is 6.61 Å². The van der Waals surface area contributed by atoms with Crippen LogP contribution in [0.2, 0.25) is 10.0 Å². The average Bonchev–Trinajstić information content (AvgIpc) is 2.67. The highest BCUT2D eigenvalue weighted by atomic mass is 35.5. The number of esters is 1. The van der Waals surface area contributed by atoms with Gasteiger partial charge in [0, 0.05) is 15.4 Å². The third kappa shape index (κ3) is 4.96. The van der Waals surface area contributed by atoms with Crippen LogP contribution in [0, 0.1) is 0 Å².